The second kappa shape index (κ2) is 7.80. The van der Waals surface area contributed by atoms with Crippen molar-refractivity contribution in [3.05, 3.63) is 18.1 Å². The number of aromatic nitrogens is 4. The molecule has 2 fully saturated rings. The first kappa shape index (κ1) is 18.2. The molecular formula is C19H29N7O. The van der Waals surface area contributed by atoms with E-state index in [9.17, 15) is 4.79 Å². The molecule has 8 heteroatoms. The van der Waals surface area contributed by atoms with Gasteiger partial charge in [0, 0.05) is 57.4 Å². The van der Waals surface area contributed by atoms with Crippen LogP contribution in [0.3, 0.4) is 0 Å². The highest BCUT2D eigenvalue weighted by Crippen LogP contribution is 2.26. The number of hydrogen-bond acceptors (Lipinski definition) is 6. The molecular weight excluding hydrogens is 342 g/mol. The van der Waals surface area contributed by atoms with Crippen LogP contribution in [-0.2, 0) is 4.79 Å². The Balaban J connectivity index is 1.32. The highest BCUT2D eigenvalue weighted by atomic mass is 16.2. The number of carbonyl (C=O) groups excluding carboxylic acids is 1. The fraction of sp³-hybridized carbons (Fsp3) is 0.684. The number of nitrogens with zero attached hydrogens (tertiary/aromatic N) is 7. The normalized spacial score (nSPS) is 19.8. The summed E-state index contributed by atoms with van der Waals surface area (Å²) in [6, 6.07) is 2.07. The van der Waals surface area contributed by atoms with Crippen LogP contribution in [0.1, 0.15) is 31.9 Å². The van der Waals surface area contributed by atoms with Crippen molar-refractivity contribution in [3.8, 4) is 0 Å². The molecule has 27 heavy (non-hydrogen) atoms. The quantitative estimate of drug-likeness (QED) is 0.804. The van der Waals surface area contributed by atoms with E-state index in [1.807, 2.05) is 11.4 Å². The number of piperidine rings is 1. The molecule has 4 rings (SSSR count). The van der Waals surface area contributed by atoms with E-state index in [0.29, 0.717) is 24.0 Å². The molecule has 0 spiro atoms. The number of amides is 1. The first-order valence-electron chi connectivity index (χ1n) is 10.1. The number of rotatable bonds is 4. The van der Waals surface area contributed by atoms with Gasteiger partial charge in [0.25, 0.3) is 5.78 Å². The molecule has 0 aromatic carbocycles. The van der Waals surface area contributed by atoms with Crippen molar-refractivity contribution in [2.45, 2.75) is 33.1 Å². The number of anilines is 1. The SMILES string of the molecule is CCN1CCN(C(=O)CC2CCN(c3cc(C)nc4ncnn34)CC2)CC1. The Morgan fingerprint density at radius 1 is 1.15 bits per heavy atom. The number of fused-ring (bicyclic) bond motifs is 1. The van der Waals surface area contributed by atoms with Gasteiger partial charge < -0.3 is 14.7 Å². The molecule has 2 aromatic rings. The Labute approximate surface area is 160 Å². The third-order valence-electron chi connectivity index (χ3n) is 5.94. The standard InChI is InChI=1S/C19H29N7O/c1-3-23-8-10-25(11-9-23)18(27)13-16-4-6-24(7-5-16)17-12-15(2)22-19-20-14-21-26(17)19/h12,14,16H,3-11,13H2,1-2H3. The zero-order valence-electron chi connectivity index (χ0n) is 16.3. The molecule has 2 saturated heterocycles. The van der Waals surface area contributed by atoms with E-state index in [1.165, 1.54) is 0 Å². The molecule has 2 aromatic heterocycles. The van der Waals surface area contributed by atoms with Gasteiger partial charge in [0.05, 0.1) is 0 Å². The monoisotopic (exact) mass is 371 g/mol. The van der Waals surface area contributed by atoms with Gasteiger partial charge in [-0.1, -0.05) is 6.92 Å². The van der Waals surface area contributed by atoms with Gasteiger partial charge in [0.2, 0.25) is 5.91 Å². The molecule has 2 aliphatic heterocycles. The Morgan fingerprint density at radius 2 is 1.89 bits per heavy atom. The van der Waals surface area contributed by atoms with Crippen molar-refractivity contribution in [1.29, 1.82) is 0 Å². The topological polar surface area (TPSA) is 69.9 Å². The van der Waals surface area contributed by atoms with E-state index in [0.717, 1.165) is 70.2 Å². The molecule has 4 heterocycles. The predicted molar refractivity (Wildman–Crippen MR) is 104 cm³/mol. The minimum Gasteiger partial charge on any atom is -0.356 e. The lowest BCUT2D eigenvalue weighted by atomic mass is 9.93. The molecule has 2 aliphatic rings. The molecule has 1 amide bonds. The zero-order valence-corrected chi connectivity index (χ0v) is 16.3. The first-order chi connectivity index (χ1) is 13.1. The van der Waals surface area contributed by atoms with Crippen molar-refractivity contribution in [3.63, 3.8) is 0 Å². The summed E-state index contributed by atoms with van der Waals surface area (Å²) in [6.45, 7) is 10.9. The molecule has 146 valence electrons. The van der Waals surface area contributed by atoms with E-state index in [4.69, 9.17) is 0 Å². The molecule has 0 unspecified atom stereocenters. The smallest absolute Gasteiger partial charge is 0.254 e. The Kier molecular flexibility index (Phi) is 5.24. The fourth-order valence-corrected chi connectivity index (χ4v) is 4.19. The van der Waals surface area contributed by atoms with Gasteiger partial charge in [0.15, 0.2) is 0 Å². The van der Waals surface area contributed by atoms with Crippen LogP contribution in [0.15, 0.2) is 12.4 Å². The predicted octanol–water partition coefficient (Wildman–Crippen LogP) is 1.20. The van der Waals surface area contributed by atoms with Crippen molar-refractivity contribution < 1.29 is 4.79 Å². The summed E-state index contributed by atoms with van der Waals surface area (Å²) in [7, 11) is 0. The maximum atomic E-state index is 12.7. The molecule has 8 nitrogen and oxygen atoms in total. The molecule has 0 saturated carbocycles. The van der Waals surface area contributed by atoms with Crippen molar-refractivity contribution in [1.82, 2.24) is 29.4 Å². The second-order valence-electron chi connectivity index (χ2n) is 7.68. The molecule has 0 radical (unpaired) electrons. The summed E-state index contributed by atoms with van der Waals surface area (Å²) < 4.78 is 1.81. The zero-order chi connectivity index (χ0) is 18.8. The third-order valence-corrected chi connectivity index (χ3v) is 5.94. The van der Waals surface area contributed by atoms with Gasteiger partial charge in [-0.25, -0.2) is 4.98 Å². The van der Waals surface area contributed by atoms with Crippen LogP contribution in [0.4, 0.5) is 5.82 Å². The third kappa shape index (κ3) is 3.90. The molecule has 0 aliphatic carbocycles. The number of aryl methyl sites for hydroxylation is 1. The summed E-state index contributed by atoms with van der Waals surface area (Å²) in [6.07, 6.45) is 4.32. The van der Waals surface area contributed by atoms with Crippen LogP contribution in [0.2, 0.25) is 0 Å². The number of piperazine rings is 1. The summed E-state index contributed by atoms with van der Waals surface area (Å²) in [5.41, 5.74) is 0.953. The number of carbonyl (C=O) groups is 1. The summed E-state index contributed by atoms with van der Waals surface area (Å²) in [5, 5.41) is 4.31. The number of hydrogen-bond donors (Lipinski definition) is 0. The molecule has 0 N–H and O–H groups in total. The Hall–Kier alpha value is -2.22. The van der Waals surface area contributed by atoms with Gasteiger partial charge in [-0.2, -0.15) is 14.6 Å². The lowest BCUT2D eigenvalue weighted by Gasteiger charge is -2.36. The lowest BCUT2D eigenvalue weighted by molar-refractivity contribution is -0.134. The molecule has 0 bridgehead atoms. The van der Waals surface area contributed by atoms with Crippen LogP contribution in [0.5, 0.6) is 0 Å². The maximum Gasteiger partial charge on any atom is 0.254 e. The Morgan fingerprint density at radius 3 is 2.59 bits per heavy atom. The highest BCUT2D eigenvalue weighted by Gasteiger charge is 2.27. The highest BCUT2D eigenvalue weighted by molar-refractivity contribution is 5.76. The summed E-state index contributed by atoms with van der Waals surface area (Å²) in [5.74, 6) is 2.51. The Bertz CT molecular complexity index is 788. The first-order valence-corrected chi connectivity index (χ1v) is 10.1. The van der Waals surface area contributed by atoms with E-state index in [2.05, 4.69) is 42.8 Å². The number of likely N-dealkylation sites (N-methyl/N-ethyl adjacent to an activating group) is 1. The van der Waals surface area contributed by atoms with Crippen LogP contribution < -0.4 is 4.90 Å². The van der Waals surface area contributed by atoms with Crippen LogP contribution in [-0.4, -0.2) is 81.1 Å². The van der Waals surface area contributed by atoms with Crippen LogP contribution >= 0.6 is 0 Å². The van der Waals surface area contributed by atoms with E-state index in [1.54, 1.807) is 6.33 Å². The van der Waals surface area contributed by atoms with Gasteiger partial charge in [0.1, 0.15) is 12.1 Å². The van der Waals surface area contributed by atoms with E-state index < -0.39 is 0 Å². The maximum absolute atomic E-state index is 12.7. The minimum absolute atomic E-state index is 0.336. The van der Waals surface area contributed by atoms with E-state index >= 15 is 0 Å². The van der Waals surface area contributed by atoms with Gasteiger partial charge in [-0.3, -0.25) is 4.79 Å². The second-order valence-corrected chi connectivity index (χ2v) is 7.68. The summed E-state index contributed by atoms with van der Waals surface area (Å²) in [4.78, 5) is 28.1. The van der Waals surface area contributed by atoms with Crippen molar-refractivity contribution in [2.75, 3.05) is 50.7 Å². The van der Waals surface area contributed by atoms with Gasteiger partial charge in [-0.15, -0.1) is 0 Å². The van der Waals surface area contributed by atoms with Crippen molar-refractivity contribution >= 4 is 17.5 Å². The molecule has 0 atom stereocenters. The van der Waals surface area contributed by atoms with Crippen LogP contribution in [0, 0.1) is 12.8 Å². The summed E-state index contributed by atoms with van der Waals surface area (Å²) >= 11 is 0. The van der Waals surface area contributed by atoms with Gasteiger partial charge in [-0.05, 0) is 32.2 Å². The minimum atomic E-state index is 0.336. The largest absolute Gasteiger partial charge is 0.356 e. The van der Waals surface area contributed by atoms with E-state index in [-0.39, 0.29) is 0 Å². The fourth-order valence-electron chi connectivity index (χ4n) is 4.19. The average molecular weight is 371 g/mol. The van der Waals surface area contributed by atoms with Crippen molar-refractivity contribution in [2.24, 2.45) is 5.92 Å². The van der Waals surface area contributed by atoms with Gasteiger partial charge >= 0.3 is 0 Å². The lowest BCUT2D eigenvalue weighted by Crippen LogP contribution is -2.49. The average Bonchev–Trinajstić information content (AvgIpc) is 3.16. The van der Waals surface area contributed by atoms with Crippen LogP contribution in [0.25, 0.3) is 5.78 Å².